The highest BCUT2D eigenvalue weighted by Gasteiger charge is 2.26. The van der Waals surface area contributed by atoms with Gasteiger partial charge in [-0.3, -0.25) is 4.90 Å². The zero-order valence-electron chi connectivity index (χ0n) is 8.69. The smallest absolute Gasteiger partial charge is 0.345 e. The molecule has 0 saturated carbocycles. The molecule has 0 saturated heterocycles. The Labute approximate surface area is 92.1 Å². The Morgan fingerprint density at radius 3 is 3.07 bits per heavy atom. The molecule has 1 unspecified atom stereocenters. The zero-order valence-corrected chi connectivity index (χ0v) is 9.50. The van der Waals surface area contributed by atoms with E-state index in [1.807, 2.05) is 7.05 Å². The van der Waals surface area contributed by atoms with Gasteiger partial charge in [0.2, 0.25) is 0 Å². The highest BCUT2D eigenvalue weighted by Crippen LogP contribution is 2.34. The second kappa shape index (κ2) is 3.92. The number of nitrogens with zero attached hydrogens (tertiary/aromatic N) is 1. The van der Waals surface area contributed by atoms with E-state index in [0.29, 0.717) is 4.88 Å². The minimum Gasteiger partial charge on any atom is -0.477 e. The number of fused-ring (bicyclic) bond motifs is 1. The van der Waals surface area contributed by atoms with Crippen LogP contribution in [-0.2, 0) is 11.3 Å². The summed E-state index contributed by atoms with van der Waals surface area (Å²) in [5, 5.41) is 8.91. The average Bonchev–Trinajstić information content (AvgIpc) is 2.59. The summed E-state index contributed by atoms with van der Waals surface area (Å²) < 4.78 is 5.35. The van der Waals surface area contributed by atoms with Gasteiger partial charge in [0.1, 0.15) is 4.88 Å². The third kappa shape index (κ3) is 1.90. The second-order valence-electron chi connectivity index (χ2n) is 3.72. The molecule has 0 spiro atoms. The van der Waals surface area contributed by atoms with Crippen LogP contribution in [0.3, 0.4) is 0 Å². The molecule has 1 N–H and O–H groups in total. The molecule has 0 aromatic carbocycles. The van der Waals surface area contributed by atoms with Crippen molar-refractivity contribution in [1.82, 2.24) is 4.90 Å². The number of carboxylic acid groups (broad SMARTS) is 1. The van der Waals surface area contributed by atoms with Gasteiger partial charge in [-0.1, -0.05) is 0 Å². The second-order valence-corrected chi connectivity index (χ2v) is 4.85. The van der Waals surface area contributed by atoms with Crippen LogP contribution in [0.2, 0.25) is 0 Å². The van der Waals surface area contributed by atoms with Crippen LogP contribution in [0.5, 0.6) is 0 Å². The summed E-state index contributed by atoms with van der Waals surface area (Å²) >= 11 is 1.35. The first-order valence-electron chi connectivity index (χ1n) is 4.69. The number of methoxy groups -OCH3 is 1. The molecule has 5 heteroatoms. The van der Waals surface area contributed by atoms with E-state index in [4.69, 9.17) is 9.84 Å². The summed E-state index contributed by atoms with van der Waals surface area (Å²) in [5.74, 6) is -0.855. The fourth-order valence-electron chi connectivity index (χ4n) is 1.84. The van der Waals surface area contributed by atoms with E-state index in [1.165, 1.54) is 11.3 Å². The van der Waals surface area contributed by atoms with Crippen LogP contribution >= 0.6 is 11.3 Å². The number of carboxylic acids is 1. The van der Waals surface area contributed by atoms with Gasteiger partial charge in [-0.15, -0.1) is 11.3 Å². The molecule has 2 rings (SSSR count). The lowest BCUT2D eigenvalue weighted by Crippen LogP contribution is -2.29. The maximum atomic E-state index is 10.9. The van der Waals surface area contributed by atoms with Crippen LogP contribution in [0.15, 0.2) is 6.07 Å². The number of carbonyl (C=O) groups is 1. The van der Waals surface area contributed by atoms with E-state index in [0.717, 1.165) is 23.5 Å². The molecule has 1 atom stereocenters. The molecule has 0 radical (unpaired) electrons. The van der Waals surface area contributed by atoms with Crippen molar-refractivity contribution in [3.63, 3.8) is 0 Å². The van der Waals surface area contributed by atoms with E-state index < -0.39 is 5.97 Å². The van der Waals surface area contributed by atoms with Crippen LogP contribution < -0.4 is 0 Å². The average molecular weight is 227 g/mol. The van der Waals surface area contributed by atoms with Crippen molar-refractivity contribution in [3.8, 4) is 0 Å². The summed E-state index contributed by atoms with van der Waals surface area (Å²) in [6.07, 6.45) is 0.00287. The molecule has 1 aliphatic rings. The van der Waals surface area contributed by atoms with Gasteiger partial charge in [0.25, 0.3) is 0 Å². The SMILES string of the molecule is COC1CN(C)Cc2sc(C(=O)O)cc21. The highest BCUT2D eigenvalue weighted by atomic mass is 32.1. The number of aromatic carboxylic acids is 1. The predicted octanol–water partition coefficient (Wildman–Crippen LogP) is 1.58. The van der Waals surface area contributed by atoms with E-state index in [-0.39, 0.29) is 6.10 Å². The summed E-state index contributed by atoms with van der Waals surface area (Å²) in [4.78, 5) is 14.5. The van der Waals surface area contributed by atoms with Gasteiger partial charge in [0, 0.05) is 25.1 Å². The maximum Gasteiger partial charge on any atom is 0.345 e. The lowest BCUT2D eigenvalue weighted by molar-refractivity contribution is 0.0589. The lowest BCUT2D eigenvalue weighted by Gasteiger charge is -2.28. The number of rotatable bonds is 2. The Morgan fingerprint density at radius 1 is 1.73 bits per heavy atom. The minimum absolute atomic E-state index is 0.00287. The van der Waals surface area contributed by atoms with Crippen LogP contribution in [-0.4, -0.2) is 36.7 Å². The van der Waals surface area contributed by atoms with Gasteiger partial charge in [-0.05, 0) is 18.7 Å². The predicted molar refractivity (Wildman–Crippen MR) is 57.4 cm³/mol. The van der Waals surface area contributed by atoms with Crippen LogP contribution in [0.4, 0.5) is 0 Å². The Bertz CT molecular complexity index is 388. The van der Waals surface area contributed by atoms with E-state index >= 15 is 0 Å². The minimum atomic E-state index is -0.855. The fraction of sp³-hybridized carbons (Fsp3) is 0.500. The van der Waals surface area contributed by atoms with Crippen molar-refractivity contribution in [2.45, 2.75) is 12.6 Å². The number of thiophene rings is 1. The molecular formula is C10H13NO3S. The van der Waals surface area contributed by atoms with Gasteiger partial charge in [-0.2, -0.15) is 0 Å². The van der Waals surface area contributed by atoms with Crippen molar-refractivity contribution in [3.05, 3.63) is 21.4 Å². The van der Waals surface area contributed by atoms with Gasteiger partial charge < -0.3 is 9.84 Å². The zero-order chi connectivity index (χ0) is 11.0. The van der Waals surface area contributed by atoms with Crippen molar-refractivity contribution < 1.29 is 14.6 Å². The Hall–Kier alpha value is -0.910. The normalized spacial score (nSPS) is 21.3. The molecule has 1 aromatic rings. The molecule has 2 heterocycles. The summed E-state index contributed by atoms with van der Waals surface area (Å²) in [7, 11) is 3.67. The molecule has 1 aromatic heterocycles. The van der Waals surface area contributed by atoms with Gasteiger partial charge >= 0.3 is 5.97 Å². The first kappa shape index (κ1) is 10.6. The van der Waals surface area contributed by atoms with Crippen molar-refractivity contribution >= 4 is 17.3 Å². The van der Waals surface area contributed by atoms with Gasteiger partial charge in [0.05, 0.1) is 6.10 Å². The van der Waals surface area contributed by atoms with E-state index in [1.54, 1.807) is 13.2 Å². The Kier molecular flexibility index (Phi) is 2.77. The first-order chi connectivity index (χ1) is 7.11. The summed E-state index contributed by atoms with van der Waals surface area (Å²) in [6, 6.07) is 1.74. The lowest BCUT2D eigenvalue weighted by atomic mass is 10.1. The van der Waals surface area contributed by atoms with Gasteiger partial charge in [0.15, 0.2) is 0 Å². The Morgan fingerprint density at radius 2 is 2.47 bits per heavy atom. The molecule has 0 fully saturated rings. The highest BCUT2D eigenvalue weighted by molar-refractivity contribution is 7.14. The molecule has 0 amide bonds. The maximum absolute atomic E-state index is 10.9. The van der Waals surface area contributed by atoms with Gasteiger partial charge in [-0.25, -0.2) is 4.79 Å². The largest absolute Gasteiger partial charge is 0.477 e. The topological polar surface area (TPSA) is 49.8 Å². The molecular weight excluding hydrogens is 214 g/mol. The van der Waals surface area contributed by atoms with Crippen LogP contribution in [0, 0.1) is 0 Å². The standard InChI is InChI=1S/C10H13NO3S/c1-11-4-7(14-2)6-3-8(10(12)13)15-9(6)5-11/h3,7H,4-5H2,1-2H3,(H,12,13). The van der Waals surface area contributed by atoms with E-state index in [9.17, 15) is 4.79 Å². The number of likely N-dealkylation sites (N-methyl/N-ethyl adjacent to an activating group) is 1. The fourth-order valence-corrected chi connectivity index (χ4v) is 2.97. The van der Waals surface area contributed by atoms with E-state index in [2.05, 4.69) is 4.90 Å². The molecule has 15 heavy (non-hydrogen) atoms. The number of ether oxygens (including phenoxy) is 1. The molecule has 1 aliphatic heterocycles. The van der Waals surface area contributed by atoms with Crippen molar-refractivity contribution in [2.24, 2.45) is 0 Å². The number of hydrogen-bond acceptors (Lipinski definition) is 4. The molecule has 82 valence electrons. The first-order valence-corrected chi connectivity index (χ1v) is 5.50. The van der Waals surface area contributed by atoms with Crippen LogP contribution in [0.1, 0.15) is 26.2 Å². The quantitative estimate of drug-likeness (QED) is 0.833. The molecule has 0 aliphatic carbocycles. The van der Waals surface area contributed by atoms with Crippen molar-refractivity contribution in [2.75, 3.05) is 20.7 Å². The van der Waals surface area contributed by atoms with Crippen molar-refractivity contribution in [1.29, 1.82) is 0 Å². The van der Waals surface area contributed by atoms with Crippen LogP contribution in [0.25, 0.3) is 0 Å². The third-order valence-corrected chi connectivity index (χ3v) is 3.70. The Balaban J connectivity index is 2.39. The summed E-state index contributed by atoms with van der Waals surface area (Å²) in [5.41, 5.74) is 1.04. The molecule has 0 bridgehead atoms. The number of hydrogen-bond donors (Lipinski definition) is 1. The molecule has 4 nitrogen and oxygen atoms in total. The monoisotopic (exact) mass is 227 g/mol. The summed E-state index contributed by atoms with van der Waals surface area (Å²) in [6.45, 7) is 1.63. The third-order valence-electron chi connectivity index (χ3n) is 2.57.